The molecule has 32 heavy (non-hydrogen) atoms. The number of hydrogen-bond donors (Lipinski definition) is 0. The Morgan fingerprint density at radius 3 is 1.44 bits per heavy atom. The van der Waals surface area contributed by atoms with Gasteiger partial charge in [-0.2, -0.15) is 0 Å². The lowest BCUT2D eigenvalue weighted by Crippen LogP contribution is -2.00. The third-order valence-electron chi connectivity index (χ3n) is 5.62. The third kappa shape index (κ3) is 5.44. The molecule has 4 nitrogen and oxygen atoms in total. The third-order valence-corrected chi connectivity index (χ3v) is 5.62. The van der Waals surface area contributed by atoms with Crippen molar-refractivity contribution < 1.29 is 0 Å². The first kappa shape index (κ1) is 21.8. The van der Waals surface area contributed by atoms with Gasteiger partial charge in [0.1, 0.15) is 0 Å². The summed E-state index contributed by atoms with van der Waals surface area (Å²) in [6.45, 7) is 4.44. The molecule has 0 aliphatic heterocycles. The van der Waals surface area contributed by atoms with E-state index >= 15 is 0 Å². The fourth-order valence-corrected chi connectivity index (χ4v) is 3.66. The molecule has 0 bridgehead atoms. The number of rotatable bonds is 9. The Morgan fingerprint density at radius 1 is 0.562 bits per heavy atom. The summed E-state index contributed by atoms with van der Waals surface area (Å²) >= 11 is 0. The Balaban J connectivity index is 1.72. The van der Waals surface area contributed by atoms with Crippen molar-refractivity contribution in [2.75, 3.05) is 0 Å². The zero-order valence-corrected chi connectivity index (χ0v) is 19.0. The van der Waals surface area contributed by atoms with Gasteiger partial charge < -0.3 is 0 Å². The van der Waals surface area contributed by atoms with Crippen LogP contribution in [0.15, 0.2) is 73.1 Å². The van der Waals surface area contributed by atoms with Crippen LogP contribution in [0.3, 0.4) is 0 Å². The number of nitrogens with zero attached hydrogens (tertiary/aromatic N) is 4. The van der Waals surface area contributed by atoms with E-state index in [2.05, 4.69) is 67.4 Å². The molecule has 0 unspecified atom stereocenters. The number of unbranched alkanes of at least 4 members (excludes halogenated alkanes) is 2. The fourth-order valence-electron chi connectivity index (χ4n) is 3.66. The van der Waals surface area contributed by atoms with Crippen LogP contribution in [0, 0.1) is 0 Å². The first-order valence-electron chi connectivity index (χ1n) is 11.6. The van der Waals surface area contributed by atoms with E-state index in [1.54, 1.807) is 12.4 Å². The van der Waals surface area contributed by atoms with Crippen LogP contribution in [0.5, 0.6) is 0 Å². The van der Waals surface area contributed by atoms with Crippen LogP contribution < -0.4 is 0 Å². The monoisotopic (exact) mass is 422 g/mol. The first-order valence-corrected chi connectivity index (χ1v) is 11.6. The smallest absolute Gasteiger partial charge is 0.165 e. The van der Waals surface area contributed by atoms with Gasteiger partial charge in [-0.25, -0.2) is 15.0 Å². The molecule has 0 aliphatic rings. The minimum atomic E-state index is 0.642. The van der Waals surface area contributed by atoms with Crippen molar-refractivity contribution in [1.29, 1.82) is 0 Å². The summed E-state index contributed by atoms with van der Waals surface area (Å²) in [5, 5.41) is 0. The summed E-state index contributed by atoms with van der Waals surface area (Å²) < 4.78 is 0. The molecule has 162 valence electrons. The molecular weight excluding hydrogens is 392 g/mol. The molecule has 0 spiro atoms. The second-order valence-electron chi connectivity index (χ2n) is 8.15. The molecule has 0 radical (unpaired) electrons. The van der Waals surface area contributed by atoms with Crippen molar-refractivity contribution in [3.05, 3.63) is 84.2 Å². The van der Waals surface area contributed by atoms with Crippen molar-refractivity contribution in [2.45, 2.75) is 52.4 Å². The quantitative estimate of drug-likeness (QED) is 0.293. The highest BCUT2D eigenvalue weighted by molar-refractivity contribution is 5.66. The van der Waals surface area contributed by atoms with Crippen LogP contribution in [0.2, 0.25) is 0 Å². The molecule has 2 aromatic heterocycles. The van der Waals surface area contributed by atoms with Gasteiger partial charge in [-0.05, 0) is 48.9 Å². The van der Waals surface area contributed by atoms with E-state index in [0.29, 0.717) is 17.5 Å². The van der Waals surface area contributed by atoms with E-state index in [1.165, 1.54) is 36.8 Å². The number of aryl methyl sites for hydroxylation is 2. The van der Waals surface area contributed by atoms with Crippen molar-refractivity contribution in [2.24, 2.45) is 0 Å². The van der Waals surface area contributed by atoms with Gasteiger partial charge in [-0.1, -0.05) is 75.2 Å². The van der Waals surface area contributed by atoms with Gasteiger partial charge in [0.15, 0.2) is 17.5 Å². The lowest BCUT2D eigenvalue weighted by Gasteiger charge is -2.09. The van der Waals surface area contributed by atoms with E-state index in [9.17, 15) is 0 Å². The van der Waals surface area contributed by atoms with E-state index in [0.717, 1.165) is 29.5 Å². The van der Waals surface area contributed by atoms with Gasteiger partial charge >= 0.3 is 0 Å². The average Bonchev–Trinajstić information content (AvgIpc) is 2.87. The summed E-state index contributed by atoms with van der Waals surface area (Å²) in [5.74, 6) is 2.01. The van der Waals surface area contributed by atoms with E-state index in [1.807, 2.05) is 12.1 Å². The molecule has 0 saturated carbocycles. The van der Waals surface area contributed by atoms with Crippen molar-refractivity contribution in [1.82, 2.24) is 19.9 Å². The normalized spacial score (nSPS) is 10.9. The Labute approximate surface area is 190 Å². The van der Waals surface area contributed by atoms with E-state index in [-0.39, 0.29) is 0 Å². The molecule has 4 aromatic rings. The van der Waals surface area contributed by atoms with Gasteiger partial charge in [-0.3, -0.25) is 4.98 Å². The van der Waals surface area contributed by atoms with Gasteiger partial charge in [0.2, 0.25) is 0 Å². The molecular formula is C28H30N4. The number of hydrogen-bond acceptors (Lipinski definition) is 4. The first-order chi connectivity index (χ1) is 15.8. The average molecular weight is 423 g/mol. The van der Waals surface area contributed by atoms with Crippen LogP contribution in [-0.4, -0.2) is 19.9 Å². The molecule has 0 N–H and O–H groups in total. The maximum atomic E-state index is 4.84. The molecule has 0 fully saturated rings. The Bertz CT molecular complexity index is 1050. The second-order valence-corrected chi connectivity index (χ2v) is 8.15. The Hall–Kier alpha value is -3.40. The minimum Gasteiger partial charge on any atom is -0.264 e. The lowest BCUT2D eigenvalue weighted by molar-refractivity contribution is 0.795. The highest BCUT2D eigenvalue weighted by Gasteiger charge is 2.12. The highest BCUT2D eigenvalue weighted by atomic mass is 15.0. The van der Waals surface area contributed by atoms with Gasteiger partial charge in [0.05, 0.1) is 0 Å². The summed E-state index contributed by atoms with van der Waals surface area (Å²) in [6.07, 6.45) is 10.6. The molecule has 4 rings (SSSR count). The van der Waals surface area contributed by atoms with Crippen LogP contribution in [0.4, 0.5) is 0 Å². The van der Waals surface area contributed by atoms with Gasteiger partial charge in [0.25, 0.3) is 0 Å². The Morgan fingerprint density at radius 2 is 1.03 bits per heavy atom. The zero-order valence-electron chi connectivity index (χ0n) is 19.0. The minimum absolute atomic E-state index is 0.642. The van der Waals surface area contributed by atoms with Crippen molar-refractivity contribution in [3.8, 4) is 34.2 Å². The summed E-state index contributed by atoms with van der Waals surface area (Å²) in [5.41, 5.74) is 5.58. The maximum absolute atomic E-state index is 4.84. The maximum Gasteiger partial charge on any atom is 0.165 e. The van der Waals surface area contributed by atoms with Crippen LogP contribution in [0.1, 0.15) is 50.7 Å². The van der Waals surface area contributed by atoms with Crippen LogP contribution in [-0.2, 0) is 12.8 Å². The highest BCUT2D eigenvalue weighted by Crippen LogP contribution is 2.25. The number of pyridine rings is 1. The van der Waals surface area contributed by atoms with Gasteiger partial charge in [0, 0.05) is 29.1 Å². The Kier molecular flexibility index (Phi) is 7.34. The van der Waals surface area contributed by atoms with Gasteiger partial charge in [-0.15, -0.1) is 0 Å². The number of aromatic nitrogens is 4. The van der Waals surface area contributed by atoms with E-state index < -0.39 is 0 Å². The standard InChI is InChI=1S/C28H30N4/c1-3-5-8-21-11-15-23(16-12-21)26-30-27(24-17-13-22(14-18-24)9-6-4-2)32-28(31-26)25-10-7-19-29-20-25/h7,10-20H,3-6,8-9H2,1-2H3. The van der Waals surface area contributed by atoms with Crippen LogP contribution in [0.25, 0.3) is 34.2 Å². The van der Waals surface area contributed by atoms with Crippen molar-refractivity contribution in [3.63, 3.8) is 0 Å². The van der Waals surface area contributed by atoms with Crippen molar-refractivity contribution >= 4 is 0 Å². The topological polar surface area (TPSA) is 51.6 Å². The molecule has 2 aromatic carbocycles. The predicted octanol–water partition coefficient (Wildman–Crippen LogP) is 6.95. The fraction of sp³-hybridized carbons (Fsp3) is 0.286. The zero-order chi connectivity index (χ0) is 22.2. The SMILES string of the molecule is CCCCc1ccc(-c2nc(-c3ccc(CCCC)cc3)nc(-c3cccnc3)n2)cc1. The predicted molar refractivity (Wildman–Crippen MR) is 131 cm³/mol. The molecule has 2 heterocycles. The number of benzene rings is 2. The van der Waals surface area contributed by atoms with Crippen LogP contribution >= 0.6 is 0 Å². The second kappa shape index (κ2) is 10.8. The molecule has 0 aliphatic carbocycles. The summed E-state index contributed by atoms with van der Waals surface area (Å²) in [6, 6.07) is 21.1. The van der Waals surface area contributed by atoms with E-state index in [4.69, 9.17) is 15.0 Å². The molecule has 0 saturated heterocycles. The molecule has 0 atom stereocenters. The lowest BCUT2D eigenvalue weighted by atomic mass is 10.1. The summed E-state index contributed by atoms with van der Waals surface area (Å²) in [7, 11) is 0. The summed E-state index contributed by atoms with van der Waals surface area (Å²) in [4.78, 5) is 18.7. The molecule has 0 amide bonds. The largest absolute Gasteiger partial charge is 0.264 e. The molecule has 4 heteroatoms.